The second-order valence-corrected chi connectivity index (χ2v) is 7.78. The summed E-state index contributed by atoms with van der Waals surface area (Å²) < 4.78 is 5.50. The summed E-state index contributed by atoms with van der Waals surface area (Å²) in [6.07, 6.45) is 3.46. The molecule has 5 heteroatoms. The van der Waals surface area contributed by atoms with Crippen LogP contribution in [0.15, 0.2) is 0 Å². The highest BCUT2D eigenvalue weighted by molar-refractivity contribution is 5.68. The van der Waals surface area contributed by atoms with Crippen molar-refractivity contribution in [1.82, 2.24) is 15.1 Å². The molecule has 0 bridgehead atoms. The van der Waals surface area contributed by atoms with Crippen LogP contribution >= 0.6 is 0 Å². The van der Waals surface area contributed by atoms with Crippen LogP contribution in [0.4, 0.5) is 4.79 Å². The van der Waals surface area contributed by atoms with Gasteiger partial charge in [-0.1, -0.05) is 6.92 Å². The number of rotatable bonds is 6. The molecule has 1 N–H and O–H groups in total. The molecule has 0 aliphatic carbocycles. The van der Waals surface area contributed by atoms with Gasteiger partial charge in [-0.3, -0.25) is 0 Å². The molecule has 1 saturated heterocycles. The van der Waals surface area contributed by atoms with E-state index < -0.39 is 5.60 Å². The fourth-order valence-corrected chi connectivity index (χ4v) is 2.95. The number of carbonyl (C=O) groups is 1. The Balaban J connectivity index is 2.39. The zero-order chi connectivity index (χ0) is 17.5. The lowest BCUT2D eigenvalue weighted by Crippen LogP contribution is -2.45. The van der Waals surface area contributed by atoms with Gasteiger partial charge in [0.1, 0.15) is 5.60 Å². The molecule has 0 aromatic heterocycles. The number of likely N-dealkylation sites (tertiary alicyclic amines) is 1. The van der Waals surface area contributed by atoms with E-state index in [1.165, 1.54) is 32.4 Å². The summed E-state index contributed by atoms with van der Waals surface area (Å²) in [7, 11) is 0. The van der Waals surface area contributed by atoms with Crippen LogP contribution in [-0.4, -0.2) is 66.3 Å². The highest BCUT2D eigenvalue weighted by Crippen LogP contribution is 2.13. The fraction of sp³-hybridized carbons (Fsp3) is 0.944. The van der Waals surface area contributed by atoms with Crippen LogP contribution in [0.25, 0.3) is 0 Å². The second-order valence-electron chi connectivity index (χ2n) is 7.78. The first kappa shape index (κ1) is 20.2. The molecule has 1 aliphatic heterocycles. The van der Waals surface area contributed by atoms with Gasteiger partial charge >= 0.3 is 6.09 Å². The Bertz CT molecular complexity index is 353. The standard InChI is InChI=1S/C18H37N3O2/c1-7-20-12-8-9-16(10-13-20)19-11-14-21(15(2)3)17(22)23-18(4,5)6/h15-16,19H,7-14H2,1-6H3. The highest BCUT2D eigenvalue weighted by Gasteiger charge is 2.24. The summed E-state index contributed by atoms with van der Waals surface area (Å²) in [5.74, 6) is 0. The maximum atomic E-state index is 12.3. The minimum absolute atomic E-state index is 0.149. The van der Waals surface area contributed by atoms with Crippen molar-refractivity contribution in [3.05, 3.63) is 0 Å². The molecule has 5 nitrogen and oxygen atoms in total. The van der Waals surface area contributed by atoms with E-state index in [1.807, 2.05) is 39.5 Å². The Morgan fingerprint density at radius 2 is 2.00 bits per heavy atom. The van der Waals surface area contributed by atoms with E-state index in [0.717, 1.165) is 13.1 Å². The van der Waals surface area contributed by atoms with E-state index in [-0.39, 0.29) is 12.1 Å². The SMILES string of the molecule is CCN1CCCC(NCCN(C(=O)OC(C)(C)C)C(C)C)CC1. The average molecular weight is 328 g/mol. The lowest BCUT2D eigenvalue weighted by molar-refractivity contribution is 0.0192. The van der Waals surface area contributed by atoms with Crippen LogP contribution in [0.2, 0.25) is 0 Å². The largest absolute Gasteiger partial charge is 0.444 e. The Morgan fingerprint density at radius 3 is 2.57 bits per heavy atom. The zero-order valence-electron chi connectivity index (χ0n) is 16.0. The first-order valence-electron chi connectivity index (χ1n) is 9.18. The summed E-state index contributed by atoms with van der Waals surface area (Å²) in [5, 5.41) is 3.63. The third kappa shape index (κ3) is 8.02. The van der Waals surface area contributed by atoms with Gasteiger partial charge < -0.3 is 19.9 Å². The fourth-order valence-electron chi connectivity index (χ4n) is 2.95. The zero-order valence-corrected chi connectivity index (χ0v) is 16.0. The highest BCUT2D eigenvalue weighted by atomic mass is 16.6. The van der Waals surface area contributed by atoms with Crippen molar-refractivity contribution >= 4 is 6.09 Å². The van der Waals surface area contributed by atoms with Gasteiger partial charge in [-0.25, -0.2) is 4.79 Å². The van der Waals surface area contributed by atoms with Crippen LogP contribution in [0.3, 0.4) is 0 Å². The minimum Gasteiger partial charge on any atom is -0.444 e. The predicted molar refractivity (Wildman–Crippen MR) is 95.8 cm³/mol. The summed E-state index contributed by atoms with van der Waals surface area (Å²) in [5.41, 5.74) is -0.442. The van der Waals surface area contributed by atoms with E-state index >= 15 is 0 Å². The summed E-state index contributed by atoms with van der Waals surface area (Å²) in [6, 6.07) is 0.718. The van der Waals surface area contributed by atoms with Crippen molar-refractivity contribution in [2.45, 2.75) is 78.5 Å². The van der Waals surface area contributed by atoms with Gasteiger partial charge in [-0.2, -0.15) is 0 Å². The predicted octanol–water partition coefficient (Wildman–Crippen LogP) is 3.10. The van der Waals surface area contributed by atoms with Gasteiger partial charge in [-0.05, 0) is 73.5 Å². The van der Waals surface area contributed by atoms with Crippen molar-refractivity contribution in [1.29, 1.82) is 0 Å². The molecule has 1 aliphatic rings. The van der Waals surface area contributed by atoms with Crippen LogP contribution in [0, 0.1) is 0 Å². The Kier molecular flexibility index (Phi) is 8.34. The quantitative estimate of drug-likeness (QED) is 0.814. The van der Waals surface area contributed by atoms with Crippen molar-refractivity contribution in [3.63, 3.8) is 0 Å². The van der Waals surface area contributed by atoms with E-state index in [9.17, 15) is 4.79 Å². The van der Waals surface area contributed by atoms with Gasteiger partial charge in [0.05, 0.1) is 0 Å². The Labute approximate surface area is 142 Å². The number of ether oxygens (including phenoxy) is 1. The van der Waals surface area contributed by atoms with Crippen molar-refractivity contribution in [2.24, 2.45) is 0 Å². The third-order valence-corrected chi connectivity index (χ3v) is 4.31. The average Bonchev–Trinajstić information content (AvgIpc) is 2.66. The topological polar surface area (TPSA) is 44.8 Å². The van der Waals surface area contributed by atoms with Gasteiger partial charge in [0.15, 0.2) is 0 Å². The smallest absolute Gasteiger partial charge is 0.410 e. The normalized spacial score (nSPS) is 20.4. The monoisotopic (exact) mass is 327 g/mol. The minimum atomic E-state index is -0.442. The van der Waals surface area contributed by atoms with E-state index in [4.69, 9.17) is 4.74 Å². The third-order valence-electron chi connectivity index (χ3n) is 4.31. The maximum absolute atomic E-state index is 12.3. The van der Waals surface area contributed by atoms with Gasteiger partial charge in [0, 0.05) is 25.2 Å². The molecule has 0 aromatic carbocycles. The van der Waals surface area contributed by atoms with Gasteiger partial charge in [0.2, 0.25) is 0 Å². The van der Waals surface area contributed by atoms with Crippen LogP contribution < -0.4 is 5.32 Å². The van der Waals surface area contributed by atoms with Crippen LogP contribution in [0.5, 0.6) is 0 Å². The Morgan fingerprint density at radius 1 is 1.30 bits per heavy atom. The molecule has 1 fully saturated rings. The molecule has 0 radical (unpaired) electrons. The van der Waals surface area contributed by atoms with Crippen molar-refractivity contribution < 1.29 is 9.53 Å². The molecule has 1 rings (SSSR count). The van der Waals surface area contributed by atoms with Crippen LogP contribution in [0.1, 0.15) is 60.8 Å². The molecular formula is C18H37N3O2. The number of hydrogen-bond acceptors (Lipinski definition) is 4. The van der Waals surface area contributed by atoms with Crippen molar-refractivity contribution in [3.8, 4) is 0 Å². The number of nitrogens with one attached hydrogen (secondary N) is 1. The summed E-state index contributed by atoms with van der Waals surface area (Å²) >= 11 is 0. The lowest BCUT2D eigenvalue weighted by Gasteiger charge is -2.30. The van der Waals surface area contributed by atoms with Gasteiger partial charge in [0.25, 0.3) is 0 Å². The molecule has 0 saturated carbocycles. The van der Waals surface area contributed by atoms with E-state index in [2.05, 4.69) is 17.1 Å². The molecule has 1 heterocycles. The first-order valence-corrected chi connectivity index (χ1v) is 9.18. The molecule has 1 unspecified atom stereocenters. The van der Waals surface area contributed by atoms with E-state index in [0.29, 0.717) is 12.6 Å². The molecule has 136 valence electrons. The number of amides is 1. The molecule has 0 spiro atoms. The molecule has 0 aromatic rings. The maximum Gasteiger partial charge on any atom is 0.410 e. The molecule has 23 heavy (non-hydrogen) atoms. The lowest BCUT2D eigenvalue weighted by atomic mass is 10.1. The number of hydrogen-bond donors (Lipinski definition) is 1. The molecule has 1 amide bonds. The van der Waals surface area contributed by atoms with Crippen molar-refractivity contribution in [2.75, 3.05) is 32.7 Å². The summed E-state index contributed by atoms with van der Waals surface area (Å²) in [6.45, 7) is 17.1. The molecular weight excluding hydrogens is 290 g/mol. The second kappa shape index (κ2) is 9.48. The molecule has 1 atom stereocenters. The van der Waals surface area contributed by atoms with E-state index in [1.54, 1.807) is 0 Å². The van der Waals surface area contributed by atoms with Gasteiger partial charge in [-0.15, -0.1) is 0 Å². The number of carbonyl (C=O) groups excluding carboxylic acids is 1. The summed E-state index contributed by atoms with van der Waals surface area (Å²) in [4.78, 5) is 16.6. The first-order chi connectivity index (χ1) is 10.7. The van der Waals surface area contributed by atoms with Crippen LogP contribution in [-0.2, 0) is 4.74 Å². The Hall–Kier alpha value is -0.810. The number of nitrogens with zero attached hydrogens (tertiary/aromatic N) is 2.